The van der Waals surface area contributed by atoms with Crippen molar-refractivity contribution in [3.63, 3.8) is 0 Å². The molecule has 0 radical (unpaired) electrons. The van der Waals surface area contributed by atoms with E-state index >= 15 is 0 Å². The molecule has 0 saturated heterocycles. The van der Waals surface area contributed by atoms with Crippen LogP contribution in [0.15, 0.2) is 34.2 Å². The van der Waals surface area contributed by atoms with Crippen LogP contribution < -0.4 is 10.9 Å². The SMILES string of the molecule is Cc1cc(=O)[nH]c(SC(C)C(=O)Nc2cccc(C)c2C)n1. The maximum atomic E-state index is 12.3. The van der Waals surface area contributed by atoms with E-state index in [1.807, 2.05) is 32.0 Å². The zero-order valence-corrected chi connectivity index (χ0v) is 13.9. The Morgan fingerprint density at radius 2 is 2.05 bits per heavy atom. The summed E-state index contributed by atoms with van der Waals surface area (Å²) in [4.78, 5) is 30.6. The van der Waals surface area contributed by atoms with E-state index in [0.29, 0.717) is 10.9 Å². The number of thioether (sulfide) groups is 1. The number of anilines is 1. The molecule has 1 aromatic heterocycles. The number of aromatic amines is 1. The lowest BCUT2D eigenvalue weighted by molar-refractivity contribution is -0.115. The molecule has 2 N–H and O–H groups in total. The molecular weight excluding hydrogens is 298 g/mol. The molecule has 1 atom stereocenters. The fourth-order valence-corrected chi connectivity index (χ4v) is 2.81. The first-order valence-electron chi connectivity index (χ1n) is 6.98. The van der Waals surface area contributed by atoms with Crippen LogP contribution in [0.25, 0.3) is 0 Å². The van der Waals surface area contributed by atoms with Crippen LogP contribution in [0.5, 0.6) is 0 Å². The van der Waals surface area contributed by atoms with E-state index in [1.54, 1.807) is 13.8 Å². The average Bonchev–Trinajstić information content (AvgIpc) is 2.42. The number of hydrogen-bond donors (Lipinski definition) is 2. The minimum absolute atomic E-state index is 0.122. The fraction of sp³-hybridized carbons (Fsp3) is 0.312. The highest BCUT2D eigenvalue weighted by atomic mass is 32.2. The average molecular weight is 317 g/mol. The summed E-state index contributed by atoms with van der Waals surface area (Å²) in [6, 6.07) is 7.22. The molecule has 0 aliphatic rings. The summed E-state index contributed by atoms with van der Waals surface area (Å²) in [6.45, 7) is 7.51. The molecule has 2 aromatic rings. The molecule has 6 heteroatoms. The molecule has 0 aliphatic carbocycles. The van der Waals surface area contributed by atoms with Gasteiger partial charge in [0.1, 0.15) is 0 Å². The normalized spacial score (nSPS) is 12.0. The summed E-state index contributed by atoms with van der Waals surface area (Å²) in [5, 5.41) is 3.00. The lowest BCUT2D eigenvalue weighted by Gasteiger charge is -2.14. The third kappa shape index (κ3) is 3.98. The summed E-state index contributed by atoms with van der Waals surface area (Å²) < 4.78 is 0. The topological polar surface area (TPSA) is 74.8 Å². The Morgan fingerprint density at radius 3 is 2.73 bits per heavy atom. The van der Waals surface area contributed by atoms with Gasteiger partial charge in [0.25, 0.3) is 5.56 Å². The van der Waals surface area contributed by atoms with Gasteiger partial charge in [0.2, 0.25) is 5.91 Å². The monoisotopic (exact) mass is 317 g/mol. The number of carbonyl (C=O) groups is 1. The van der Waals surface area contributed by atoms with Crippen LogP contribution in [0, 0.1) is 20.8 Å². The van der Waals surface area contributed by atoms with Gasteiger partial charge < -0.3 is 10.3 Å². The Kier molecular flexibility index (Phi) is 5.03. The second-order valence-electron chi connectivity index (χ2n) is 5.19. The van der Waals surface area contributed by atoms with E-state index in [1.165, 1.54) is 17.8 Å². The van der Waals surface area contributed by atoms with E-state index in [-0.39, 0.29) is 16.7 Å². The van der Waals surface area contributed by atoms with Crippen LogP contribution >= 0.6 is 11.8 Å². The van der Waals surface area contributed by atoms with Crippen molar-refractivity contribution < 1.29 is 4.79 Å². The first-order valence-corrected chi connectivity index (χ1v) is 7.86. The van der Waals surface area contributed by atoms with Crippen LogP contribution in [0.2, 0.25) is 0 Å². The Labute approximate surface area is 133 Å². The van der Waals surface area contributed by atoms with Crippen LogP contribution in [0.3, 0.4) is 0 Å². The molecular formula is C16H19N3O2S. The number of carbonyl (C=O) groups excluding carboxylic acids is 1. The highest BCUT2D eigenvalue weighted by molar-refractivity contribution is 8.00. The van der Waals surface area contributed by atoms with Gasteiger partial charge in [-0.2, -0.15) is 0 Å². The second kappa shape index (κ2) is 6.79. The maximum absolute atomic E-state index is 12.3. The number of hydrogen-bond acceptors (Lipinski definition) is 4. The van der Waals surface area contributed by atoms with Gasteiger partial charge in [-0.1, -0.05) is 23.9 Å². The third-order valence-corrected chi connectivity index (χ3v) is 4.35. The minimum Gasteiger partial charge on any atom is -0.325 e. The zero-order valence-electron chi connectivity index (χ0n) is 13.1. The highest BCUT2D eigenvalue weighted by Gasteiger charge is 2.17. The van der Waals surface area contributed by atoms with Crippen LogP contribution in [0.1, 0.15) is 23.7 Å². The van der Waals surface area contributed by atoms with Crippen molar-refractivity contribution in [1.29, 1.82) is 0 Å². The zero-order chi connectivity index (χ0) is 16.3. The van der Waals surface area contributed by atoms with Crippen molar-refractivity contribution in [2.75, 3.05) is 5.32 Å². The lowest BCUT2D eigenvalue weighted by Crippen LogP contribution is -2.23. The number of aromatic nitrogens is 2. The first-order chi connectivity index (χ1) is 10.4. The molecule has 1 unspecified atom stereocenters. The highest BCUT2D eigenvalue weighted by Crippen LogP contribution is 2.22. The van der Waals surface area contributed by atoms with Crippen LogP contribution in [-0.4, -0.2) is 21.1 Å². The maximum Gasteiger partial charge on any atom is 0.251 e. The fourth-order valence-electron chi connectivity index (χ4n) is 1.95. The van der Waals surface area contributed by atoms with E-state index in [0.717, 1.165) is 16.8 Å². The minimum atomic E-state index is -0.370. The molecule has 116 valence electrons. The Hall–Kier alpha value is -2.08. The van der Waals surface area contributed by atoms with Gasteiger partial charge in [-0.25, -0.2) is 4.98 Å². The number of benzene rings is 1. The molecule has 2 rings (SSSR count). The van der Waals surface area contributed by atoms with Crippen LogP contribution in [0.4, 0.5) is 5.69 Å². The van der Waals surface area contributed by atoms with Crippen molar-refractivity contribution in [1.82, 2.24) is 9.97 Å². The number of rotatable bonds is 4. The van der Waals surface area contributed by atoms with E-state index in [4.69, 9.17) is 0 Å². The van der Waals surface area contributed by atoms with Gasteiger partial charge in [-0.15, -0.1) is 0 Å². The van der Waals surface area contributed by atoms with Gasteiger partial charge in [-0.3, -0.25) is 9.59 Å². The number of aryl methyl sites for hydroxylation is 2. The van der Waals surface area contributed by atoms with E-state index in [9.17, 15) is 9.59 Å². The molecule has 1 heterocycles. The largest absolute Gasteiger partial charge is 0.325 e. The smallest absolute Gasteiger partial charge is 0.251 e. The molecule has 0 saturated carbocycles. The van der Waals surface area contributed by atoms with Crippen molar-refractivity contribution in [2.45, 2.75) is 38.1 Å². The predicted octanol–water partition coefficient (Wildman–Crippen LogP) is 2.81. The molecule has 1 aromatic carbocycles. The first kappa shape index (κ1) is 16.3. The molecule has 0 spiro atoms. The summed E-state index contributed by atoms with van der Waals surface area (Å²) in [6.07, 6.45) is 0. The van der Waals surface area contributed by atoms with Gasteiger partial charge in [-0.05, 0) is 44.9 Å². The Bertz CT molecular complexity index is 755. The lowest BCUT2D eigenvalue weighted by atomic mass is 10.1. The Balaban J connectivity index is 2.09. The van der Waals surface area contributed by atoms with Crippen molar-refractivity contribution in [2.24, 2.45) is 0 Å². The molecule has 1 amide bonds. The van der Waals surface area contributed by atoms with Crippen molar-refractivity contribution >= 4 is 23.4 Å². The van der Waals surface area contributed by atoms with Gasteiger partial charge in [0.15, 0.2) is 5.16 Å². The summed E-state index contributed by atoms with van der Waals surface area (Å²) >= 11 is 1.23. The van der Waals surface area contributed by atoms with Gasteiger partial charge in [0, 0.05) is 17.4 Å². The quantitative estimate of drug-likeness (QED) is 0.671. The third-order valence-electron chi connectivity index (χ3n) is 3.37. The summed E-state index contributed by atoms with van der Waals surface area (Å²) in [7, 11) is 0. The molecule has 0 bridgehead atoms. The van der Waals surface area contributed by atoms with Crippen molar-refractivity contribution in [3.05, 3.63) is 51.4 Å². The molecule has 0 aliphatic heterocycles. The van der Waals surface area contributed by atoms with Crippen LogP contribution in [-0.2, 0) is 4.79 Å². The van der Waals surface area contributed by atoms with Gasteiger partial charge >= 0.3 is 0 Å². The predicted molar refractivity (Wildman–Crippen MR) is 89.5 cm³/mol. The number of nitrogens with one attached hydrogen (secondary N) is 2. The van der Waals surface area contributed by atoms with Crippen molar-refractivity contribution in [3.8, 4) is 0 Å². The van der Waals surface area contributed by atoms with E-state index in [2.05, 4.69) is 15.3 Å². The summed E-state index contributed by atoms with van der Waals surface area (Å²) in [5.74, 6) is -0.122. The van der Waals surface area contributed by atoms with E-state index < -0.39 is 0 Å². The molecule has 5 nitrogen and oxygen atoms in total. The number of amides is 1. The number of H-pyrrole nitrogens is 1. The second-order valence-corrected chi connectivity index (χ2v) is 6.52. The molecule has 0 fully saturated rings. The standard InChI is InChI=1S/C16H19N3O2S/c1-9-6-5-7-13(11(9)3)18-15(21)12(4)22-16-17-10(2)8-14(20)19-16/h5-8,12H,1-4H3,(H,18,21)(H,17,19,20). The Morgan fingerprint density at radius 1 is 1.32 bits per heavy atom. The molecule has 22 heavy (non-hydrogen) atoms. The van der Waals surface area contributed by atoms with Gasteiger partial charge in [0.05, 0.1) is 5.25 Å². The number of nitrogens with zero attached hydrogens (tertiary/aromatic N) is 1. The summed E-state index contributed by atoms with van der Waals surface area (Å²) in [5.41, 5.74) is 3.41.